The standard InChI is InChI=1S/C11H18N4O3S/c1-4-6-18-10-13-9(12-2)14-11(15-10)19-7-5-8(16)17-3/h4-7H2,1-3H3,(H,12,13,14,15). The van der Waals surface area contributed by atoms with Crippen molar-refractivity contribution in [1.82, 2.24) is 15.0 Å². The Morgan fingerprint density at radius 1 is 1.37 bits per heavy atom. The molecule has 1 heterocycles. The highest BCUT2D eigenvalue weighted by atomic mass is 32.2. The van der Waals surface area contributed by atoms with Crippen LogP contribution in [0, 0.1) is 0 Å². The zero-order valence-corrected chi connectivity index (χ0v) is 12.1. The van der Waals surface area contributed by atoms with Gasteiger partial charge in [0.15, 0.2) is 5.16 Å². The third-order valence-corrected chi connectivity index (χ3v) is 2.87. The van der Waals surface area contributed by atoms with Crippen LogP contribution in [-0.2, 0) is 9.53 Å². The Labute approximate surface area is 116 Å². The zero-order valence-electron chi connectivity index (χ0n) is 11.3. The maximum Gasteiger partial charge on any atom is 0.322 e. The van der Waals surface area contributed by atoms with E-state index in [2.05, 4.69) is 25.0 Å². The fraction of sp³-hybridized carbons (Fsp3) is 0.636. The highest BCUT2D eigenvalue weighted by molar-refractivity contribution is 7.99. The minimum atomic E-state index is -0.252. The second kappa shape index (κ2) is 8.52. The number of nitrogens with one attached hydrogen (secondary N) is 1. The lowest BCUT2D eigenvalue weighted by molar-refractivity contribution is -0.140. The first kappa shape index (κ1) is 15.5. The van der Waals surface area contributed by atoms with Crippen molar-refractivity contribution in [3.63, 3.8) is 0 Å². The van der Waals surface area contributed by atoms with Gasteiger partial charge < -0.3 is 14.8 Å². The normalized spacial score (nSPS) is 10.1. The first-order valence-corrected chi connectivity index (χ1v) is 6.94. The Morgan fingerprint density at radius 2 is 2.16 bits per heavy atom. The molecular formula is C11H18N4O3S. The van der Waals surface area contributed by atoms with E-state index in [4.69, 9.17) is 4.74 Å². The van der Waals surface area contributed by atoms with Gasteiger partial charge in [-0.25, -0.2) is 0 Å². The Balaban J connectivity index is 2.62. The summed E-state index contributed by atoms with van der Waals surface area (Å²) in [6.45, 7) is 2.56. The van der Waals surface area contributed by atoms with Crippen LogP contribution in [0.3, 0.4) is 0 Å². The molecule has 0 aliphatic carbocycles. The molecule has 1 aromatic heterocycles. The summed E-state index contributed by atoms with van der Waals surface area (Å²) in [5.41, 5.74) is 0. The molecule has 0 saturated heterocycles. The molecule has 1 aromatic rings. The van der Waals surface area contributed by atoms with E-state index in [0.717, 1.165) is 6.42 Å². The summed E-state index contributed by atoms with van der Waals surface area (Å²) in [6, 6.07) is 0.293. The lowest BCUT2D eigenvalue weighted by Crippen LogP contribution is -2.06. The number of aromatic nitrogens is 3. The van der Waals surface area contributed by atoms with Gasteiger partial charge >= 0.3 is 12.0 Å². The number of ether oxygens (including phenoxy) is 2. The summed E-state index contributed by atoms with van der Waals surface area (Å²) >= 11 is 1.36. The summed E-state index contributed by atoms with van der Waals surface area (Å²) in [6.07, 6.45) is 1.19. The fourth-order valence-electron chi connectivity index (χ4n) is 1.10. The number of hydrogen-bond donors (Lipinski definition) is 1. The second-order valence-corrected chi connectivity index (χ2v) is 4.56. The van der Waals surface area contributed by atoms with Gasteiger partial charge in [-0.05, 0) is 6.42 Å². The number of hydrogen-bond acceptors (Lipinski definition) is 8. The van der Waals surface area contributed by atoms with Gasteiger partial charge in [-0.2, -0.15) is 15.0 Å². The molecule has 0 fully saturated rings. The number of esters is 1. The van der Waals surface area contributed by atoms with Crippen molar-refractivity contribution in [3.05, 3.63) is 0 Å². The Morgan fingerprint density at radius 3 is 2.79 bits per heavy atom. The molecular weight excluding hydrogens is 268 g/mol. The van der Waals surface area contributed by atoms with Crippen LogP contribution in [0.1, 0.15) is 19.8 Å². The molecule has 1 N–H and O–H groups in total. The largest absolute Gasteiger partial charge is 0.469 e. The maximum absolute atomic E-state index is 11.0. The molecule has 0 aliphatic rings. The van der Waals surface area contributed by atoms with Crippen LogP contribution >= 0.6 is 11.8 Å². The van der Waals surface area contributed by atoms with Gasteiger partial charge in [-0.1, -0.05) is 18.7 Å². The lowest BCUT2D eigenvalue weighted by atomic mass is 10.5. The molecule has 0 saturated carbocycles. The number of thioether (sulfide) groups is 1. The molecule has 7 nitrogen and oxygen atoms in total. The van der Waals surface area contributed by atoms with Crippen molar-refractivity contribution in [1.29, 1.82) is 0 Å². The van der Waals surface area contributed by atoms with E-state index >= 15 is 0 Å². The third kappa shape index (κ3) is 5.73. The van der Waals surface area contributed by atoms with Gasteiger partial charge in [0, 0.05) is 12.8 Å². The monoisotopic (exact) mass is 286 g/mol. The quantitative estimate of drug-likeness (QED) is 0.566. The molecule has 0 aliphatic heterocycles. The van der Waals surface area contributed by atoms with E-state index < -0.39 is 0 Å². The summed E-state index contributed by atoms with van der Waals surface area (Å²) < 4.78 is 9.95. The smallest absolute Gasteiger partial charge is 0.322 e. The van der Waals surface area contributed by atoms with Crippen molar-refractivity contribution in [2.75, 3.05) is 31.8 Å². The SMILES string of the molecule is CCCOc1nc(NC)nc(SCCC(=O)OC)n1. The van der Waals surface area contributed by atoms with Crippen LogP contribution in [0.15, 0.2) is 5.16 Å². The van der Waals surface area contributed by atoms with Crippen LogP contribution in [-0.4, -0.2) is 47.4 Å². The van der Waals surface area contributed by atoms with Crippen LogP contribution in [0.4, 0.5) is 5.95 Å². The summed E-state index contributed by atoms with van der Waals surface area (Å²) in [4.78, 5) is 23.4. The summed E-state index contributed by atoms with van der Waals surface area (Å²) in [7, 11) is 3.09. The molecule has 0 bridgehead atoms. The summed E-state index contributed by atoms with van der Waals surface area (Å²) in [5.74, 6) is 0.743. The van der Waals surface area contributed by atoms with Crippen molar-refractivity contribution in [2.45, 2.75) is 24.9 Å². The first-order chi connectivity index (χ1) is 9.19. The van der Waals surface area contributed by atoms with Crippen LogP contribution in [0.25, 0.3) is 0 Å². The Kier molecular flexibility index (Phi) is 6.94. The lowest BCUT2D eigenvalue weighted by Gasteiger charge is -2.06. The predicted molar refractivity (Wildman–Crippen MR) is 72.5 cm³/mol. The number of carbonyl (C=O) groups excluding carboxylic acids is 1. The fourth-order valence-corrected chi connectivity index (χ4v) is 1.84. The van der Waals surface area contributed by atoms with Crippen molar-refractivity contribution in [2.24, 2.45) is 0 Å². The van der Waals surface area contributed by atoms with Crippen molar-refractivity contribution >= 4 is 23.7 Å². The van der Waals surface area contributed by atoms with E-state index in [9.17, 15) is 4.79 Å². The zero-order chi connectivity index (χ0) is 14.1. The number of rotatable bonds is 8. The summed E-state index contributed by atoms with van der Waals surface area (Å²) in [5, 5.41) is 3.37. The third-order valence-electron chi connectivity index (χ3n) is 2.02. The minimum Gasteiger partial charge on any atom is -0.469 e. The molecule has 106 valence electrons. The molecule has 0 atom stereocenters. The van der Waals surface area contributed by atoms with E-state index in [-0.39, 0.29) is 5.97 Å². The number of nitrogens with zero attached hydrogens (tertiary/aromatic N) is 3. The topological polar surface area (TPSA) is 86.2 Å². The molecule has 0 amide bonds. The van der Waals surface area contributed by atoms with E-state index in [1.54, 1.807) is 7.05 Å². The predicted octanol–water partition coefficient (Wildman–Crippen LogP) is 1.36. The minimum absolute atomic E-state index is 0.252. The highest BCUT2D eigenvalue weighted by Crippen LogP contribution is 2.18. The second-order valence-electron chi connectivity index (χ2n) is 3.50. The first-order valence-electron chi connectivity index (χ1n) is 5.95. The van der Waals surface area contributed by atoms with Crippen LogP contribution in [0.2, 0.25) is 0 Å². The number of carbonyl (C=O) groups is 1. The van der Waals surface area contributed by atoms with Crippen molar-refractivity contribution < 1.29 is 14.3 Å². The molecule has 0 unspecified atom stereocenters. The molecule has 0 aromatic carbocycles. The van der Waals surface area contributed by atoms with Crippen molar-refractivity contribution in [3.8, 4) is 6.01 Å². The Hall–Kier alpha value is -1.57. The van der Waals surface area contributed by atoms with E-state index in [1.807, 2.05) is 6.92 Å². The van der Waals surface area contributed by atoms with E-state index in [0.29, 0.717) is 35.9 Å². The van der Waals surface area contributed by atoms with Gasteiger partial charge in [0.2, 0.25) is 5.95 Å². The molecule has 0 radical (unpaired) electrons. The molecule has 0 spiro atoms. The Bertz CT molecular complexity index is 417. The average molecular weight is 286 g/mol. The molecule has 1 rings (SSSR count). The van der Waals surface area contributed by atoms with Gasteiger partial charge in [0.25, 0.3) is 0 Å². The van der Waals surface area contributed by atoms with Crippen LogP contribution < -0.4 is 10.1 Å². The molecule has 19 heavy (non-hydrogen) atoms. The number of methoxy groups -OCH3 is 1. The number of anilines is 1. The van der Waals surface area contributed by atoms with E-state index in [1.165, 1.54) is 18.9 Å². The highest BCUT2D eigenvalue weighted by Gasteiger charge is 2.08. The van der Waals surface area contributed by atoms with Gasteiger partial charge in [0.05, 0.1) is 20.1 Å². The average Bonchev–Trinajstić information content (AvgIpc) is 2.44. The van der Waals surface area contributed by atoms with Gasteiger partial charge in [-0.15, -0.1) is 0 Å². The van der Waals surface area contributed by atoms with Gasteiger partial charge in [0.1, 0.15) is 0 Å². The molecule has 8 heteroatoms. The van der Waals surface area contributed by atoms with Gasteiger partial charge in [-0.3, -0.25) is 4.79 Å². The van der Waals surface area contributed by atoms with Crippen LogP contribution in [0.5, 0.6) is 6.01 Å². The maximum atomic E-state index is 11.0.